The number of hydrogen-bond acceptors (Lipinski definition) is 4. The van der Waals surface area contributed by atoms with Crippen molar-refractivity contribution in [1.82, 2.24) is 4.98 Å². The Hall–Kier alpha value is -2.66. The summed E-state index contributed by atoms with van der Waals surface area (Å²) in [4.78, 5) is 5.70. The highest BCUT2D eigenvalue weighted by molar-refractivity contribution is 8.00. The summed E-state index contributed by atoms with van der Waals surface area (Å²) in [5.41, 5.74) is 8.59. The summed E-state index contributed by atoms with van der Waals surface area (Å²) < 4.78 is 0.126. The summed E-state index contributed by atoms with van der Waals surface area (Å²) in [5, 5.41) is 9.37. The van der Waals surface area contributed by atoms with Gasteiger partial charge in [0.15, 0.2) is 5.84 Å². The van der Waals surface area contributed by atoms with Crippen molar-refractivity contribution in [2.45, 2.75) is 30.4 Å². The zero-order valence-electron chi connectivity index (χ0n) is 15.2. The third-order valence-electron chi connectivity index (χ3n) is 3.56. The first-order valence-electron chi connectivity index (χ1n) is 8.43. The molecule has 3 aromatic rings. The summed E-state index contributed by atoms with van der Waals surface area (Å²) in [6.45, 7) is 6.56. The standard InChI is InChI=1S/C21H22N4S/c1-21(2,3)26-19-11-7-5-9-16(19)14-23-25-20(22)18-13-12-15-8-4-6-10-17(15)24-18/h4-14H,1-3H3,(H2,22,25)/b23-14+. The monoisotopic (exact) mass is 362 g/mol. The molecule has 2 N–H and O–H groups in total. The molecule has 0 aliphatic heterocycles. The molecule has 0 spiro atoms. The first-order valence-corrected chi connectivity index (χ1v) is 9.25. The number of rotatable bonds is 4. The largest absolute Gasteiger partial charge is 0.380 e. The van der Waals surface area contributed by atoms with Gasteiger partial charge in [0.2, 0.25) is 0 Å². The van der Waals surface area contributed by atoms with Gasteiger partial charge in [-0.25, -0.2) is 4.98 Å². The average Bonchev–Trinajstić information content (AvgIpc) is 2.61. The van der Waals surface area contributed by atoms with Gasteiger partial charge < -0.3 is 5.73 Å². The number of benzene rings is 2. The number of amidine groups is 1. The van der Waals surface area contributed by atoms with Gasteiger partial charge in [-0.15, -0.1) is 16.9 Å². The summed E-state index contributed by atoms with van der Waals surface area (Å²) in [6, 6.07) is 19.9. The van der Waals surface area contributed by atoms with Crippen LogP contribution in [-0.2, 0) is 0 Å². The highest BCUT2D eigenvalue weighted by Gasteiger charge is 2.13. The molecule has 1 heterocycles. The van der Waals surface area contributed by atoms with E-state index in [-0.39, 0.29) is 4.75 Å². The molecule has 0 bridgehead atoms. The normalized spacial score (nSPS) is 12.8. The second-order valence-electron chi connectivity index (χ2n) is 6.87. The smallest absolute Gasteiger partial charge is 0.172 e. The number of fused-ring (bicyclic) bond motifs is 1. The summed E-state index contributed by atoms with van der Waals surface area (Å²) in [6.07, 6.45) is 1.74. The van der Waals surface area contributed by atoms with Crippen molar-refractivity contribution in [2.24, 2.45) is 15.9 Å². The molecule has 132 valence electrons. The minimum Gasteiger partial charge on any atom is -0.380 e. The van der Waals surface area contributed by atoms with E-state index in [9.17, 15) is 0 Å². The van der Waals surface area contributed by atoms with Gasteiger partial charge >= 0.3 is 0 Å². The van der Waals surface area contributed by atoms with Crippen LogP contribution in [0.15, 0.2) is 75.8 Å². The molecule has 0 saturated carbocycles. The van der Waals surface area contributed by atoms with Crippen LogP contribution in [0.5, 0.6) is 0 Å². The highest BCUT2D eigenvalue weighted by Crippen LogP contribution is 2.33. The van der Waals surface area contributed by atoms with Gasteiger partial charge in [0.1, 0.15) is 5.69 Å². The lowest BCUT2D eigenvalue weighted by molar-refractivity contribution is 0.802. The molecular formula is C21H22N4S. The van der Waals surface area contributed by atoms with Crippen LogP contribution in [0.3, 0.4) is 0 Å². The van der Waals surface area contributed by atoms with Crippen molar-refractivity contribution < 1.29 is 0 Å². The molecule has 0 amide bonds. The molecular weight excluding hydrogens is 340 g/mol. The Balaban J connectivity index is 1.82. The summed E-state index contributed by atoms with van der Waals surface area (Å²) in [7, 11) is 0. The van der Waals surface area contributed by atoms with Crippen LogP contribution in [0.4, 0.5) is 0 Å². The van der Waals surface area contributed by atoms with E-state index in [2.05, 4.69) is 42.0 Å². The van der Waals surface area contributed by atoms with E-state index in [4.69, 9.17) is 5.73 Å². The maximum absolute atomic E-state index is 6.06. The highest BCUT2D eigenvalue weighted by atomic mass is 32.2. The number of thioether (sulfide) groups is 1. The molecule has 0 atom stereocenters. The van der Waals surface area contributed by atoms with Gasteiger partial charge in [0.05, 0.1) is 11.7 Å². The van der Waals surface area contributed by atoms with Gasteiger partial charge in [0, 0.05) is 20.6 Å². The number of nitrogens with zero attached hydrogens (tertiary/aromatic N) is 3. The Labute approximate surface area is 158 Å². The molecule has 0 fully saturated rings. The molecule has 0 aliphatic carbocycles. The first-order chi connectivity index (χ1) is 12.4. The van der Waals surface area contributed by atoms with Crippen LogP contribution in [-0.4, -0.2) is 21.8 Å². The van der Waals surface area contributed by atoms with Crippen LogP contribution < -0.4 is 5.73 Å². The van der Waals surface area contributed by atoms with Crippen LogP contribution in [0, 0.1) is 0 Å². The molecule has 3 rings (SSSR count). The quantitative estimate of drug-likeness (QED) is 0.312. The zero-order chi connectivity index (χ0) is 18.6. The van der Waals surface area contributed by atoms with Gasteiger partial charge in [-0.1, -0.05) is 63.2 Å². The van der Waals surface area contributed by atoms with Crippen molar-refractivity contribution in [3.05, 3.63) is 71.9 Å². The Morgan fingerprint density at radius 3 is 2.54 bits per heavy atom. The van der Waals surface area contributed by atoms with Crippen LogP contribution >= 0.6 is 11.8 Å². The zero-order valence-corrected chi connectivity index (χ0v) is 16.0. The lowest BCUT2D eigenvalue weighted by atomic mass is 10.2. The van der Waals surface area contributed by atoms with Gasteiger partial charge in [-0.3, -0.25) is 0 Å². The van der Waals surface area contributed by atoms with Crippen LogP contribution in [0.1, 0.15) is 32.0 Å². The molecule has 26 heavy (non-hydrogen) atoms. The Bertz CT molecular complexity index is 971. The second kappa shape index (κ2) is 7.70. The SMILES string of the molecule is CC(C)(C)Sc1ccccc1/C=N/N=C(\N)c1ccc2ccccc2n1. The molecule has 0 saturated heterocycles. The van der Waals surface area contributed by atoms with E-state index < -0.39 is 0 Å². The van der Waals surface area contributed by atoms with E-state index in [1.165, 1.54) is 4.90 Å². The summed E-state index contributed by atoms with van der Waals surface area (Å²) in [5.74, 6) is 0.299. The van der Waals surface area contributed by atoms with Gasteiger partial charge in [-0.2, -0.15) is 5.10 Å². The predicted octanol–water partition coefficient (Wildman–Crippen LogP) is 4.86. The summed E-state index contributed by atoms with van der Waals surface area (Å²) >= 11 is 1.80. The fourth-order valence-corrected chi connectivity index (χ4v) is 3.47. The van der Waals surface area contributed by atoms with Crippen molar-refractivity contribution in [1.29, 1.82) is 0 Å². The van der Waals surface area contributed by atoms with Crippen molar-refractivity contribution >= 4 is 34.7 Å². The van der Waals surface area contributed by atoms with Crippen LogP contribution in [0.2, 0.25) is 0 Å². The maximum Gasteiger partial charge on any atom is 0.172 e. The van der Waals surface area contributed by atoms with E-state index in [0.717, 1.165) is 16.5 Å². The fourth-order valence-electron chi connectivity index (χ4n) is 2.42. The van der Waals surface area contributed by atoms with Crippen molar-refractivity contribution in [2.75, 3.05) is 0 Å². The lowest BCUT2D eigenvalue weighted by Gasteiger charge is -2.18. The predicted molar refractivity (Wildman–Crippen MR) is 112 cm³/mol. The van der Waals surface area contributed by atoms with E-state index >= 15 is 0 Å². The third kappa shape index (κ3) is 4.70. The van der Waals surface area contributed by atoms with Gasteiger partial charge in [-0.05, 0) is 18.2 Å². The molecule has 0 unspecified atom stereocenters. The topological polar surface area (TPSA) is 63.6 Å². The van der Waals surface area contributed by atoms with E-state index in [0.29, 0.717) is 11.5 Å². The molecule has 4 nitrogen and oxygen atoms in total. The Morgan fingerprint density at radius 2 is 1.73 bits per heavy atom. The second-order valence-corrected chi connectivity index (χ2v) is 8.74. The maximum atomic E-state index is 6.06. The molecule has 1 aromatic heterocycles. The van der Waals surface area contributed by atoms with E-state index in [1.54, 1.807) is 18.0 Å². The number of aromatic nitrogens is 1. The Morgan fingerprint density at radius 1 is 1.00 bits per heavy atom. The van der Waals surface area contributed by atoms with Gasteiger partial charge in [0.25, 0.3) is 0 Å². The van der Waals surface area contributed by atoms with E-state index in [1.807, 2.05) is 54.6 Å². The third-order valence-corrected chi connectivity index (χ3v) is 4.76. The minimum atomic E-state index is 0.126. The molecule has 5 heteroatoms. The number of para-hydroxylation sites is 1. The first kappa shape index (κ1) is 18.1. The number of hydrogen-bond donors (Lipinski definition) is 1. The molecule has 0 aliphatic rings. The Kier molecular flexibility index (Phi) is 5.38. The van der Waals surface area contributed by atoms with Crippen molar-refractivity contribution in [3.63, 3.8) is 0 Å². The molecule has 2 aromatic carbocycles. The minimum absolute atomic E-state index is 0.126. The fraction of sp³-hybridized carbons (Fsp3) is 0.190. The lowest BCUT2D eigenvalue weighted by Crippen LogP contribution is -2.14. The average molecular weight is 363 g/mol. The van der Waals surface area contributed by atoms with Crippen molar-refractivity contribution in [3.8, 4) is 0 Å². The van der Waals surface area contributed by atoms with Crippen LogP contribution in [0.25, 0.3) is 10.9 Å². The number of pyridine rings is 1. The number of nitrogens with two attached hydrogens (primary N) is 1. The molecule has 0 radical (unpaired) electrons.